The van der Waals surface area contributed by atoms with Gasteiger partial charge in [0.05, 0.1) is 18.9 Å². The maximum Gasteiger partial charge on any atom is 0.423 e. The van der Waals surface area contributed by atoms with Gasteiger partial charge in [-0.25, -0.2) is 21.9 Å². The fourth-order valence-electron chi connectivity index (χ4n) is 4.43. The number of benzene rings is 2. The number of nitrogens with zero attached hydrogens (tertiary/aromatic N) is 2. The summed E-state index contributed by atoms with van der Waals surface area (Å²) in [6.45, 7) is 11.9. The molecule has 0 spiro atoms. The quantitative estimate of drug-likeness (QED) is 0.223. The van der Waals surface area contributed by atoms with Crippen LogP contribution >= 0.6 is 0 Å². The third kappa shape index (κ3) is 9.21. The molecule has 0 aliphatic carbocycles. The Hall–Kier alpha value is -3.72. The van der Waals surface area contributed by atoms with E-state index in [1.807, 2.05) is 0 Å². The zero-order valence-corrected chi connectivity index (χ0v) is 29.9. The summed E-state index contributed by atoms with van der Waals surface area (Å²) >= 11 is -1.53. The van der Waals surface area contributed by atoms with Crippen molar-refractivity contribution in [2.24, 2.45) is 7.05 Å². The number of amides is 1. The monoisotopic (exact) mass is 691 g/mol. The van der Waals surface area contributed by atoms with Gasteiger partial charge in [-0.05, 0) is 89.4 Å². The number of sulfonamides is 1. The van der Waals surface area contributed by atoms with E-state index < -0.39 is 61.2 Å². The summed E-state index contributed by atoms with van der Waals surface area (Å²) < 4.78 is 68.4. The highest BCUT2D eigenvalue weighted by atomic mass is 32.2. The van der Waals surface area contributed by atoms with Crippen molar-refractivity contribution in [1.82, 2.24) is 13.6 Å². The van der Waals surface area contributed by atoms with Crippen LogP contribution in [0.1, 0.15) is 81.6 Å². The van der Waals surface area contributed by atoms with Crippen LogP contribution in [-0.4, -0.2) is 58.2 Å². The number of nitrogens with one attached hydrogen (secondary N) is 1. The van der Waals surface area contributed by atoms with Gasteiger partial charge >= 0.3 is 6.09 Å². The van der Waals surface area contributed by atoms with Crippen molar-refractivity contribution in [2.45, 2.75) is 70.6 Å². The number of rotatable bonds is 10. The molecule has 0 aliphatic rings. The summed E-state index contributed by atoms with van der Waals surface area (Å²) in [5, 5.41) is 0. The number of ketones is 1. The highest BCUT2D eigenvalue weighted by molar-refractivity contribution is 7.90. The average molecular weight is 692 g/mol. The summed E-state index contributed by atoms with van der Waals surface area (Å²) in [6, 6.07) is 8.74. The van der Waals surface area contributed by atoms with Gasteiger partial charge < -0.3 is 18.6 Å². The maximum absolute atomic E-state index is 14.2. The Balaban J connectivity index is 2.25. The lowest BCUT2D eigenvalue weighted by atomic mass is 9.89. The Bertz CT molecular complexity index is 1830. The van der Waals surface area contributed by atoms with Gasteiger partial charge in [-0.1, -0.05) is 12.1 Å². The summed E-state index contributed by atoms with van der Waals surface area (Å²) in [4.78, 5) is 39.4. The van der Waals surface area contributed by atoms with Crippen LogP contribution in [0, 0.1) is 5.82 Å². The second-order valence-electron chi connectivity index (χ2n) is 13.1. The smallest absolute Gasteiger partial charge is 0.423 e. The first-order chi connectivity index (χ1) is 21.6. The topological polar surface area (TPSA) is 147 Å². The number of halogens is 1. The van der Waals surface area contributed by atoms with Gasteiger partial charge in [-0.3, -0.25) is 9.59 Å². The first-order valence-corrected chi connectivity index (χ1v) is 17.4. The van der Waals surface area contributed by atoms with Crippen molar-refractivity contribution in [3.8, 4) is 16.9 Å². The molecular weight excluding hydrogens is 650 g/mol. The third-order valence-corrected chi connectivity index (χ3v) is 10.4. The number of hydrogen-bond donors (Lipinski definition) is 1. The van der Waals surface area contributed by atoms with E-state index in [2.05, 4.69) is 4.72 Å². The van der Waals surface area contributed by atoms with Gasteiger partial charge in [-0.2, -0.15) is 0 Å². The molecule has 1 heterocycles. The van der Waals surface area contributed by atoms with E-state index >= 15 is 0 Å². The Morgan fingerprint density at radius 2 is 1.70 bits per heavy atom. The molecule has 3 rings (SSSR count). The molecule has 11 nitrogen and oxygen atoms in total. The summed E-state index contributed by atoms with van der Waals surface area (Å²) in [5.41, 5.74) is 0.185. The molecule has 1 aromatic heterocycles. The van der Waals surface area contributed by atoms with Crippen molar-refractivity contribution < 1.29 is 36.4 Å². The lowest BCUT2D eigenvalue weighted by Crippen LogP contribution is -2.41. The minimum absolute atomic E-state index is 0.0981. The molecule has 2 atom stereocenters. The van der Waals surface area contributed by atoms with Crippen molar-refractivity contribution in [3.63, 3.8) is 0 Å². The lowest BCUT2D eigenvalue weighted by Gasteiger charge is -2.27. The van der Waals surface area contributed by atoms with E-state index in [-0.39, 0.29) is 33.6 Å². The van der Waals surface area contributed by atoms with Gasteiger partial charge in [0.15, 0.2) is 17.3 Å². The molecule has 14 heteroatoms. The van der Waals surface area contributed by atoms with Crippen molar-refractivity contribution in [2.75, 3.05) is 14.2 Å². The van der Waals surface area contributed by atoms with Crippen LogP contribution < -0.4 is 15.0 Å². The average Bonchev–Trinajstić information content (AvgIpc) is 2.96. The molecule has 0 unspecified atom stereocenters. The minimum Gasteiger partial charge on any atom is -0.598 e. The molecule has 1 N–H and O–H groups in total. The Labute approximate surface area is 278 Å². The highest BCUT2D eigenvalue weighted by Gasteiger charge is 2.32. The number of hydrogen-bond acceptors (Lipinski definition) is 9. The normalized spacial score (nSPS) is 13.5. The van der Waals surface area contributed by atoms with Crippen LogP contribution in [0.4, 0.5) is 9.18 Å². The molecule has 1 amide bonds. The number of aromatic nitrogens is 1. The van der Waals surface area contributed by atoms with Crippen LogP contribution in [-0.2, 0) is 38.9 Å². The molecule has 256 valence electrons. The van der Waals surface area contributed by atoms with E-state index in [1.165, 1.54) is 61.3 Å². The van der Waals surface area contributed by atoms with E-state index in [9.17, 15) is 31.7 Å². The summed E-state index contributed by atoms with van der Waals surface area (Å²) in [6.07, 6.45) is 0.458. The molecule has 0 bridgehead atoms. The maximum atomic E-state index is 14.2. The lowest BCUT2D eigenvalue weighted by molar-refractivity contribution is 0.0420. The second kappa shape index (κ2) is 14.2. The largest absolute Gasteiger partial charge is 0.598 e. The Kier molecular flexibility index (Phi) is 11.4. The predicted octanol–water partition coefficient (Wildman–Crippen LogP) is 5.24. The molecule has 47 heavy (non-hydrogen) atoms. The van der Waals surface area contributed by atoms with Gasteiger partial charge in [-0.15, -0.1) is 4.72 Å². The van der Waals surface area contributed by atoms with Crippen molar-refractivity contribution in [1.29, 1.82) is 0 Å². The SMILES string of the molecule is COc1cc(C(=O)c2ccc(CS(=O)(=O)N(C)C(=O)OC(C)(C)C)cc2-c2cn(C)c(=O)cc2[C@H](C)N[S@@+]([O-])C(C)(C)C)ccc1F. The summed E-state index contributed by atoms with van der Waals surface area (Å²) in [5.74, 6) is -1.96. The first kappa shape index (κ1) is 37.7. The van der Waals surface area contributed by atoms with Crippen LogP contribution in [0.3, 0.4) is 0 Å². The molecular formula is C33H42FN3O8S2. The zero-order valence-electron chi connectivity index (χ0n) is 28.3. The number of ether oxygens (including phenoxy) is 2. The standard InChI is InChI=1S/C33H42FN3O8S2/c1-20(35-46(41)33(5,6)7)24-17-29(38)36(8)18-26(24)25-15-21(19-47(42,43)37(9)31(40)45-32(2,3)4)11-13-23(25)30(39)22-12-14-27(34)28(16-22)44-10/h11-18,20,35H,19H2,1-10H3/t20-,46-/m0/s1. The Morgan fingerprint density at radius 1 is 1.06 bits per heavy atom. The molecule has 0 fully saturated rings. The molecule has 0 radical (unpaired) electrons. The van der Waals surface area contributed by atoms with Crippen LogP contribution in [0.25, 0.3) is 11.1 Å². The van der Waals surface area contributed by atoms with E-state index in [0.717, 1.165) is 13.1 Å². The predicted molar refractivity (Wildman–Crippen MR) is 180 cm³/mol. The number of carbonyl (C=O) groups is 2. The van der Waals surface area contributed by atoms with E-state index in [4.69, 9.17) is 9.47 Å². The fourth-order valence-corrected chi connectivity index (χ4v) is 6.29. The van der Waals surface area contributed by atoms with Gasteiger partial charge in [0, 0.05) is 54.4 Å². The zero-order chi connectivity index (χ0) is 35.6. The van der Waals surface area contributed by atoms with E-state index in [0.29, 0.717) is 15.4 Å². The number of aryl methyl sites for hydroxylation is 1. The van der Waals surface area contributed by atoms with Gasteiger partial charge in [0.25, 0.3) is 5.56 Å². The fraction of sp³-hybridized carbons (Fsp3) is 0.424. The van der Waals surface area contributed by atoms with Crippen LogP contribution in [0.5, 0.6) is 5.75 Å². The van der Waals surface area contributed by atoms with Crippen molar-refractivity contribution >= 4 is 33.3 Å². The summed E-state index contributed by atoms with van der Waals surface area (Å²) in [7, 11) is -0.356. The number of carbonyl (C=O) groups excluding carboxylic acids is 2. The molecule has 3 aromatic rings. The molecule has 0 aliphatic heterocycles. The van der Waals surface area contributed by atoms with Crippen LogP contribution in [0.2, 0.25) is 0 Å². The van der Waals surface area contributed by atoms with Gasteiger partial charge in [0.1, 0.15) is 10.3 Å². The number of methoxy groups -OCH3 is 1. The molecule has 0 saturated heterocycles. The van der Waals surface area contributed by atoms with Gasteiger partial charge in [0.2, 0.25) is 10.0 Å². The van der Waals surface area contributed by atoms with Crippen molar-refractivity contribution in [3.05, 3.63) is 87.1 Å². The molecule has 2 aromatic carbocycles. The minimum atomic E-state index is -4.25. The highest BCUT2D eigenvalue weighted by Crippen LogP contribution is 2.34. The third-order valence-electron chi connectivity index (χ3n) is 7.02. The molecule has 0 saturated carbocycles. The second-order valence-corrected chi connectivity index (χ2v) is 17.1. The number of pyridine rings is 1. The first-order valence-electron chi connectivity index (χ1n) is 14.7. The van der Waals surface area contributed by atoms with Crippen LogP contribution in [0.15, 0.2) is 53.5 Å². The van der Waals surface area contributed by atoms with E-state index in [1.54, 1.807) is 48.5 Å². The Morgan fingerprint density at radius 3 is 2.28 bits per heavy atom.